The third kappa shape index (κ3) is 7.94. The van der Waals surface area contributed by atoms with Gasteiger partial charge in [-0.15, -0.1) is 12.8 Å². The van der Waals surface area contributed by atoms with Crippen LogP contribution in [0.5, 0.6) is 0 Å². The summed E-state index contributed by atoms with van der Waals surface area (Å²) >= 11 is 0. The molecular formula is C44H50N8O5. The first-order valence-electron chi connectivity index (χ1n) is 19.0. The van der Waals surface area contributed by atoms with Crippen molar-refractivity contribution in [2.24, 2.45) is 11.8 Å². The van der Waals surface area contributed by atoms with Crippen LogP contribution in [-0.2, 0) is 38.6 Å². The van der Waals surface area contributed by atoms with E-state index in [1.165, 1.54) is 17.2 Å². The molecule has 4 aromatic heterocycles. The smallest absolute Gasteiger partial charge is 0.197 e. The van der Waals surface area contributed by atoms with Gasteiger partial charge in [-0.3, -0.25) is 0 Å². The third-order valence-electron chi connectivity index (χ3n) is 10.8. The molecule has 6 aromatic rings. The van der Waals surface area contributed by atoms with Crippen LogP contribution >= 0.6 is 0 Å². The first-order valence-corrected chi connectivity index (χ1v) is 19.0. The molecule has 0 bridgehead atoms. The van der Waals surface area contributed by atoms with E-state index in [4.69, 9.17) is 38.5 Å². The lowest BCUT2D eigenvalue weighted by atomic mass is 9.82. The highest BCUT2D eigenvalue weighted by Gasteiger charge is 2.55. The van der Waals surface area contributed by atoms with Gasteiger partial charge in [-0.25, -0.2) is 19.0 Å². The number of hydrogen-bond acceptors (Lipinski definition) is 11. The molecule has 1 aliphatic heterocycles. The Balaban J connectivity index is 0.000000193. The van der Waals surface area contributed by atoms with E-state index < -0.39 is 29.3 Å². The zero-order valence-corrected chi connectivity index (χ0v) is 32.6. The molecule has 13 heteroatoms. The minimum atomic E-state index is -1.85. The summed E-state index contributed by atoms with van der Waals surface area (Å²) in [5, 5.41) is 30.7. The molecule has 296 valence electrons. The van der Waals surface area contributed by atoms with Crippen LogP contribution in [-0.4, -0.2) is 63.8 Å². The normalized spacial score (nSPS) is 21.8. The van der Waals surface area contributed by atoms with Crippen LogP contribution < -0.4 is 11.5 Å². The van der Waals surface area contributed by atoms with Gasteiger partial charge in [0.1, 0.15) is 35.9 Å². The molecule has 1 aliphatic rings. The van der Waals surface area contributed by atoms with Crippen LogP contribution in [0.15, 0.2) is 97.6 Å². The van der Waals surface area contributed by atoms with Crippen LogP contribution in [0.1, 0.15) is 63.1 Å². The standard InChI is InChI=1S/C22H26N4O3.C22H24N4O2/c1-4-18(27)15(3)20(29-13-16-9-7-6-8-10-16)22(28,5-2)19-12-11-17-21(23)24-14-25-26(17)19;1-4-18-15(3)20(27-13-16-9-7-6-8-10-16)22(5-2,28-18)19-12-11-17-21(23)24-14-25-26(17)19/h2,6-12,14-15,18,20,27-28H,4,13H2,1,3H3,(H2,23,24,25);2,6-12,14-15,18,20H,4,13H2,1,3H3,(H2,23,24,25)/t15-,18-,20-,22-;15-,18-,20-,22+/m11/s1. The number of nitrogen functional groups attached to an aromatic ring is 2. The Bertz CT molecular complexity index is 2340. The van der Waals surface area contributed by atoms with Gasteiger partial charge in [-0.05, 0) is 48.2 Å². The molecule has 0 spiro atoms. The van der Waals surface area contributed by atoms with E-state index in [2.05, 4.69) is 45.9 Å². The number of benzene rings is 2. The van der Waals surface area contributed by atoms with E-state index in [1.54, 1.807) is 16.6 Å². The molecular weight excluding hydrogens is 721 g/mol. The van der Waals surface area contributed by atoms with E-state index in [0.717, 1.165) is 23.2 Å². The highest BCUT2D eigenvalue weighted by atomic mass is 16.6. The Morgan fingerprint density at radius 3 is 2.04 bits per heavy atom. The molecule has 6 N–H and O–H groups in total. The molecule has 0 aliphatic carbocycles. The van der Waals surface area contributed by atoms with Crippen LogP contribution in [0.2, 0.25) is 0 Å². The molecule has 0 amide bonds. The lowest BCUT2D eigenvalue weighted by Gasteiger charge is -2.37. The molecule has 0 radical (unpaired) electrons. The molecule has 7 rings (SSSR count). The predicted octanol–water partition coefficient (Wildman–Crippen LogP) is 5.30. The van der Waals surface area contributed by atoms with Gasteiger partial charge in [0.2, 0.25) is 0 Å². The monoisotopic (exact) mass is 770 g/mol. The fourth-order valence-electron chi connectivity index (χ4n) is 7.62. The van der Waals surface area contributed by atoms with E-state index in [9.17, 15) is 10.2 Å². The summed E-state index contributed by atoms with van der Waals surface area (Å²) in [5.74, 6) is 5.73. The number of ether oxygens (including phenoxy) is 3. The summed E-state index contributed by atoms with van der Waals surface area (Å²) in [4.78, 5) is 8.03. The Morgan fingerprint density at radius 1 is 0.877 bits per heavy atom. The molecule has 8 atom stereocenters. The number of nitrogens with zero attached hydrogens (tertiary/aromatic N) is 6. The summed E-state index contributed by atoms with van der Waals surface area (Å²) in [6.45, 7) is 8.59. The predicted molar refractivity (Wildman–Crippen MR) is 218 cm³/mol. The molecule has 0 unspecified atom stereocenters. The van der Waals surface area contributed by atoms with Crippen molar-refractivity contribution in [3.63, 3.8) is 0 Å². The highest BCUT2D eigenvalue weighted by molar-refractivity contribution is 5.67. The van der Waals surface area contributed by atoms with Crippen molar-refractivity contribution in [1.29, 1.82) is 0 Å². The number of aliphatic hydroxyl groups excluding tert-OH is 1. The SMILES string of the molecule is C#C[C@@](O)(c1ccc2c(N)ncnn12)[C@H](OCc1ccccc1)[C@H](C)[C@H](O)CC.C#C[C@@]1(c2ccc3c(N)ncnn23)O[C@H](CC)[C@@H](C)[C@H]1OCc1ccccc1. The maximum atomic E-state index is 11.6. The zero-order valence-electron chi connectivity index (χ0n) is 32.6. The van der Waals surface area contributed by atoms with Gasteiger partial charge in [0.15, 0.2) is 22.8 Å². The van der Waals surface area contributed by atoms with Gasteiger partial charge in [0.05, 0.1) is 36.8 Å². The van der Waals surface area contributed by atoms with Crippen molar-refractivity contribution in [1.82, 2.24) is 29.2 Å². The van der Waals surface area contributed by atoms with Crippen molar-refractivity contribution >= 4 is 22.7 Å². The third-order valence-corrected chi connectivity index (χ3v) is 10.8. The van der Waals surface area contributed by atoms with Crippen LogP contribution in [0.25, 0.3) is 11.0 Å². The lowest BCUT2D eigenvalue weighted by Crippen LogP contribution is -2.48. The summed E-state index contributed by atoms with van der Waals surface area (Å²) in [6.07, 6.45) is 14.0. The van der Waals surface area contributed by atoms with E-state index in [1.807, 2.05) is 86.6 Å². The number of fused-ring (bicyclic) bond motifs is 2. The summed E-state index contributed by atoms with van der Waals surface area (Å²) in [6, 6.07) is 26.8. The maximum absolute atomic E-state index is 11.6. The minimum absolute atomic E-state index is 0.0124. The number of aromatic nitrogens is 6. The topological polar surface area (TPSA) is 181 Å². The minimum Gasteiger partial charge on any atom is -0.393 e. The zero-order chi connectivity index (χ0) is 40.7. The summed E-state index contributed by atoms with van der Waals surface area (Å²) in [5.41, 5.74) is 13.3. The van der Waals surface area contributed by atoms with Crippen molar-refractivity contribution < 1.29 is 24.4 Å². The van der Waals surface area contributed by atoms with Crippen molar-refractivity contribution in [3.05, 3.63) is 120 Å². The second-order valence-corrected chi connectivity index (χ2v) is 14.3. The number of anilines is 2. The number of hydrogen-bond donors (Lipinski definition) is 4. The summed E-state index contributed by atoms with van der Waals surface area (Å²) < 4.78 is 22.2. The van der Waals surface area contributed by atoms with Gasteiger partial charge in [-0.1, -0.05) is 100 Å². The molecule has 13 nitrogen and oxygen atoms in total. The Kier molecular flexibility index (Phi) is 12.6. The Morgan fingerprint density at radius 2 is 1.46 bits per heavy atom. The van der Waals surface area contributed by atoms with Crippen molar-refractivity contribution in [3.8, 4) is 24.7 Å². The van der Waals surface area contributed by atoms with Crippen molar-refractivity contribution in [2.45, 2.75) is 89.4 Å². The number of terminal acetylenes is 2. The maximum Gasteiger partial charge on any atom is 0.197 e. The van der Waals surface area contributed by atoms with Gasteiger partial charge >= 0.3 is 0 Å². The number of rotatable bonds is 13. The quantitative estimate of drug-likeness (QED) is 0.112. The fraction of sp³-hybridized carbons (Fsp3) is 0.364. The second-order valence-electron chi connectivity index (χ2n) is 14.3. The number of nitrogens with two attached hydrogens (primary N) is 2. The van der Waals surface area contributed by atoms with E-state index in [-0.39, 0.29) is 30.6 Å². The first-order chi connectivity index (χ1) is 27.5. The number of aliphatic hydroxyl groups is 2. The molecule has 2 aromatic carbocycles. The van der Waals surface area contributed by atoms with Crippen molar-refractivity contribution in [2.75, 3.05) is 11.5 Å². The Hall–Kier alpha value is -5.80. The molecule has 5 heterocycles. The highest BCUT2D eigenvalue weighted by Crippen LogP contribution is 2.46. The average molecular weight is 771 g/mol. The molecule has 1 fully saturated rings. The Labute approximate surface area is 333 Å². The van der Waals surface area contributed by atoms with Gasteiger partial charge in [0, 0.05) is 11.8 Å². The van der Waals surface area contributed by atoms with Gasteiger partial charge in [0.25, 0.3) is 0 Å². The van der Waals surface area contributed by atoms with E-state index >= 15 is 0 Å². The molecule has 57 heavy (non-hydrogen) atoms. The van der Waals surface area contributed by atoms with E-state index in [0.29, 0.717) is 35.6 Å². The second kappa shape index (κ2) is 17.6. The molecule has 1 saturated heterocycles. The largest absolute Gasteiger partial charge is 0.393 e. The van der Waals surface area contributed by atoms with Gasteiger partial charge in [-0.2, -0.15) is 10.2 Å². The fourth-order valence-corrected chi connectivity index (χ4v) is 7.62. The molecule has 0 saturated carbocycles. The first kappa shape index (κ1) is 40.9. The van der Waals surface area contributed by atoms with Crippen LogP contribution in [0, 0.1) is 36.5 Å². The summed E-state index contributed by atoms with van der Waals surface area (Å²) in [7, 11) is 0. The average Bonchev–Trinajstić information content (AvgIpc) is 3.96. The van der Waals surface area contributed by atoms with Crippen LogP contribution in [0.4, 0.5) is 11.6 Å². The van der Waals surface area contributed by atoms with Gasteiger partial charge < -0.3 is 35.9 Å². The van der Waals surface area contributed by atoms with Crippen LogP contribution in [0.3, 0.4) is 0 Å². The lowest BCUT2D eigenvalue weighted by molar-refractivity contribution is -0.134.